The van der Waals surface area contributed by atoms with Gasteiger partial charge in [-0.2, -0.15) is 0 Å². The highest BCUT2D eigenvalue weighted by atomic mass is 79.9. The maximum Gasteiger partial charge on any atom is 0.0317 e. The molecule has 2 nitrogen and oxygen atoms in total. The van der Waals surface area contributed by atoms with Crippen LogP contribution in [0.5, 0.6) is 0 Å². The van der Waals surface area contributed by atoms with Crippen molar-refractivity contribution < 1.29 is 0 Å². The van der Waals surface area contributed by atoms with E-state index in [0.717, 1.165) is 11.0 Å². The second-order valence-corrected chi connectivity index (χ2v) is 6.43. The van der Waals surface area contributed by atoms with Crippen molar-refractivity contribution in [2.24, 2.45) is 11.1 Å². The molecule has 0 saturated heterocycles. The van der Waals surface area contributed by atoms with E-state index in [1.807, 2.05) is 0 Å². The Morgan fingerprint density at radius 1 is 1.28 bits per heavy atom. The number of rotatable bonds is 5. The van der Waals surface area contributed by atoms with Crippen molar-refractivity contribution in [2.45, 2.75) is 26.8 Å². The van der Waals surface area contributed by atoms with Crippen LogP contribution in [0.1, 0.15) is 32.4 Å². The molecule has 1 unspecified atom stereocenters. The van der Waals surface area contributed by atoms with Crippen LogP contribution in [0, 0.1) is 5.41 Å². The summed E-state index contributed by atoms with van der Waals surface area (Å²) in [5.41, 5.74) is 7.28. The third-order valence-corrected chi connectivity index (χ3v) is 3.77. The maximum atomic E-state index is 5.78. The topological polar surface area (TPSA) is 29.3 Å². The Hall–Kier alpha value is -0.0900. The van der Waals surface area contributed by atoms with Crippen LogP contribution in [-0.2, 0) is 0 Å². The van der Waals surface area contributed by atoms with Crippen molar-refractivity contribution in [3.63, 3.8) is 0 Å². The van der Waals surface area contributed by atoms with Gasteiger partial charge in [0.1, 0.15) is 0 Å². The van der Waals surface area contributed by atoms with Crippen molar-refractivity contribution in [1.29, 1.82) is 0 Å². The molecular weight excluding hydrogens is 312 g/mol. The Kier molecular flexibility index (Phi) is 7.45. The molecule has 1 aromatic rings. The van der Waals surface area contributed by atoms with E-state index in [1.54, 1.807) is 0 Å². The monoisotopic (exact) mass is 334 g/mol. The maximum absolute atomic E-state index is 5.78. The zero-order valence-corrected chi connectivity index (χ0v) is 14.0. The van der Waals surface area contributed by atoms with Gasteiger partial charge in [-0.15, -0.1) is 12.4 Å². The van der Waals surface area contributed by atoms with E-state index in [9.17, 15) is 0 Å². The van der Waals surface area contributed by atoms with Crippen LogP contribution >= 0.6 is 28.3 Å². The Morgan fingerprint density at radius 2 is 1.78 bits per heavy atom. The summed E-state index contributed by atoms with van der Waals surface area (Å²) >= 11 is 3.46. The van der Waals surface area contributed by atoms with Crippen LogP contribution in [-0.4, -0.2) is 25.0 Å². The van der Waals surface area contributed by atoms with E-state index in [0.29, 0.717) is 12.6 Å². The van der Waals surface area contributed by atoms with Crippen molar-refractivity contribution in [1.82, 2.24) is 4.90 Å². The zero-order valence-electron chi connectivity index (χ0n) is 11.6. The Bertz CT molecular complexity index is 351. The van der Waals surface area contributed by atoms with Gasteiger partial charge in [0.2, 0.25) is 0 Å². The lowest BCUT2D eigenvalue weighted by Gasteiger charge is -2.33. The second-order valence-electron chi connectivity index (χ2n) is 5.51. The first-order valence-corrected chi connectivity index (χ1v) is 6.81. The molecule has 0 amide bonds. The summed E-state index contributed by atoms with van der Waals surface area (Å²) in [6.45, 7) is 8.36. The van der Waals surface area contributed by atoms with Gasteiger partial charge in [-0.05, 0) is 43.6 Å². The molecule has 0 fully saturated rings. The minimum Gasteiger partial charge on any atom is -0.330 e. The van der Waals surface area contributed by atoms with E-state index in [-0.39, 0.29) is 17.8 Å². The van der Waals surface area contributed by atoms with Gasteiger partial charge in [0.15, 0.2) is 0 Å². The fourth-order valence-electron chi connectivity index (χ4n) is 1.87. The van der Waals surface area contributed by atoms with Gasteiger partial charge in [0.05, 0.1) is 0 Å². The van der Waals surface area contributed by atoms with E-state index < -0.39 is 0 Å². The Morgan fingerprint density at radius 3 is 2.22 bits per heavy atom. The van der Waals surface area contributed by atoms with Crippen LogP contribution in [0.25, 0.3) is 0 Å². The summed E-state index contributed by atoms with van der Waals surface area (Å²) in [5, 5.41) is 0. The van der Waals surface area contributed by atoms with Crippen molar-refractivity contribution in [3.8, 4) is 0 Å². The highest BCUT2D eigenvalue weighted by Gasteiger charge is 2.21. The quantitative estimate of drug-likeness (QED) is 0.885. The summed E-state index contributed by atoms with van der Waals surface area (Å²) in [6.07, 6.45) is 0. The van der Waals surface area contributed by atoms with Gasteiger partial charge in [-0.1, -0.05) is 41.9 Å². The third-order valence-electron chi connectivity index (χ3n) is 3.24. The molecule has 0 aliphatic heterocycles. The molecule has 18 heavy (non-hydrogen) atoms. The molecule has 0 aromatic heterocycles. The highest BCUT2D eigenvalue weighted by molar-refractivity contribution is 9.10. The Labute approximate surface area is 125 Å². The smallest absolute Gasteiger partial charge is 0.0317 e. The van der Waals surface area contributed by atoms with Crippen LogP contribution in [0.4, 0.5) is 0 Å². The summed E-state index contributed by atoms with van der Waals surface area (Å²) in [4.78, 5) is 2.36. The highest BCUT2D eigenvalue weighted by Crippen LogP contribution is 2.24. The predicted molar refractivity (Wildman–Crippen MR) is 85.3 cm³/mol. The zero-order chi connectivity index (χ0) is 13.1. The van der Waals surface area contributed by atoms with E-state index in [1.165, 1.54) is 5.56 Å². The first-order chi connectivity index (χ1) is 7.85. The van der Waals surface area contributed by atoms with E-state index in [2.05, 4.69) is 72.9 Å². The van der Waals surface area contributed by atoms with Crippen molar-refractivity contribution in [3.05, 3.63) is 34.3 Å². The van der Waals surface area contributed by atoms with Crippen LogP contribution in [0.3, 0.4) is 0 Å². The summed E-state index contributed by atoms with van der Waals surface area (Å²) in [5.74, 6) is 0. The van der Waals surface area contributed by atoms with Gasteiger partial charge < -0.3 is 5.73 Å². The Balaban J connectivity index is 0.00000289. The molecule has 0 saturated carbocycles. The molecule has 0 radical (unpaired) electrons. The van der Waals surface area contributed by atoms with Crippen LogP contribution in [0.15, 0.2) is 28.7 Å². The van der Waals surface area contributed by atoms with Gasteiger partial charge in [0, 0.05) is 17.1 Å². The molecule has 2 N–H and O–H groups in total. The lowest BCUT2D eigenvalue weighted by Crippen LogP contribution is -2.37. The molecule has 0 spiro atoms. The minimum absolute atomic E-state index is 0. The molecule has 0 bridgehead atoms. The average Bonchev–Trinajstić information content (AvgIpc) is 2.28. The fraction of sp³-hybridized carbons (Fsp3) is 0.571. The SMILES string of the molecule is CC(c1ccc(Br)cc1)N(C)CC(C)(C)CN.Cl. The van der Waals surface area contributed by atoms with E-state index in [4.69, 9.17) is 5.73 Å². The number of nitrogens with zero attached hydrogens (tertiary/aromatic N) is 1. The van der Waals surface area contributed by atoms with Crippen LogP contribution < -0.4 is 5.73 Å². The van der Waals surface area contributed by atoms with Crippen LogP contribution in [0.2, 0.25) is 0 Å². The normalized spacial score (nSPS) is 13.3. The molecule has 1 rings (SSSR count). The number of nitrogens with two attached hydrogens (primary N) is 1. The standard InChI is InChI=1S/C14H23BrN2.ClH/c1-11(12-5-7-13(15)8-6-12)17(4)10-14(2,3)9-16;/h5-8,11H,9-10,16H2,1-4H3;1H. The largest absolute Gasteiger partial charge is 0.330 e. The molecule has 1 atom stereocenters. The number of hydrogen-bond acceptors (Lipinski definition) is 2. The number of hydrogen-bond donors (Lipinski definition) is 1. The summed E-state index contributed by atoms with van der Waals surface area (Å²) < 4.78 is 1.12. The lowest BCUT2D eigenvalue weighted by molar-refractivity contribution is 0.174. The molecule has 104 valence electrons. The first-order valence-electron chi connectivity index (χ1n) is 6.01. The number of halogens is 2. The third kappa shape index (κ3) is 5.27. The molecule has 4 heteroatoms. The molecular formula is C14H24BrClN2. The van der Waals surface area contributed by atoms with Crippen molar-refractivity contribution >= 4 is 28.3 Å². The predicted octanol–water partition coefficient (Wildman–Crippen LogP) is 3.85. The molecule has 0 heterocycles. The average molecular weight is 336 g/mol. The summed E-state index contributed by atoms with van der Waals surface area (Å²) in [6, 6.07) is 8.93. The van der Waals surface area contributed by atoms with Crippen molar-refractivity contribution in [2.75, 3.05) is 20.1 Å². The van der Waals surface area contributed by atoms with Gasteiger partial charge in [-0.3, -0.25) is 4.90 Å². The molecule has 0 aliphatic rings. The fourth-order valence-corrected chi connectivity index (χ4v) is 2.14. The minimum atomic E-state index is 0. The molecule has 1 aromatic carbocycles. The second kappa shape index (κ2) is 7.49. The molecule has 0 aliphatic carbocycles. The van der Waals surface area contributed by atoms with Gasteiger partial charge in [-0.25, -0.2) is 0 Å². The van der Waals surface area contributed by atoms with Gasteiger partial charge >= 0.3 is 0 Å². The van der Waals surface area contributed by atoms with E-state index >= 15 is 0 Å². The summed E-state index contributed by atoms with van der Waals surface area (Å²) in [7, 11) is 2.16. The first kappa shape index (κ1) is 17.9. The van der Waals surface area contributed by atoms with Gasteiger partial charge in [0.25, 0.3) is 0 Å². The lowest BCUT2D eigenvalue weighted by atomic mass is 9.92. The number of benzene rings is 1.